The average molecular weight is 383 g/mol. The Morgan fingerprint density at radius 2 is 1.69 bits per heavy atom. The van der Waals surface area contributed by atoms with Crippen LogP contribution in [0.25, 0.3) is 5.57 Å². The molecule has 1 heterocycles. The summed E-state index contributed by atoms with van der Waals surface area (Å²) >= 11 is 5.79. The van der Waals surface area contributed by atoms with Crippen LogP contribution in [0.1, 0.15) is 12.0 Å². The molecule has 26 heavy (non-hydrogen) atoms. The van der Waals surface area contributed by atoms with Crippen LogP contribution in [0.3, 0.4) is 0 Å². The fraction of sp³-hybridized carbons (Fsp3) is 0.167. The Bertz CT molecular complexity index is 838. The lowest BCUT2D eigenvalue weighted by molar-refractivity contribution is -0.304. The van der Waals surface area contributed by atoms with Gasteiger partial charge in [-0.3, -0.25) is 10.2 Å². The number of anilines is 1. The molecule has 136 valence electrons. The number of benzene rings is 2. The Morgan fingerprint density at radius 3 is 2.27 bits per heavy atom. The standard InChI is InChI=1S/C18H14ClF3N2O2/c19-14-8-6-12(7-9-14)13-10-16(25)24(17(26,11-13)18(20,21)22)23-15-4-2-1-3-5-15/h1-10,23,26H,11H2. The summed E-state index contributed by atoms with van der Waals surface area (Å²) in [6.45, 7) is 0. The quantitative estimate of drug-likeness (QED) is 0.835. The van der Waals surface area contributed by atoms with Gasteiger partial charge in [0, 0.05) is 17.5 Å². The maximum absolute atomic E-state index is 13.7. The van der Waals surface area contributed by atoms with Crippen molar-refractivity contribution >= 4 is 28.8 Å². The molecule has 0 saturated carbocycles. The first-order chi connectivity index (χ1) is 12.2. The molecule has 4 nitrogen and oxygen atoms in total. The first kappa shape index (κ1) is 18.3. The summed E-state index contributed by atoms with van der Waals surface area (Å²) in [5.74, 6) is -1.01. The minimum absolute atomic E-state index is 0.0672. The number of rotatable bonds is 3. The second kappa shape index (κ2) is 6.66. The number of nitrogens with zero attached hydrogens (tertiary/aromatic N) is 1. The Balaban J connectivity index is 2.01. The van der Waals surface area contributed by atoms with Crippen molar-refractivity contribution < 1.29 is 23.1 Å². The van der Waals surface area contributed by atoms with Gasteiger partial charge in [-0.2, -0.15) is 13.2 Å². The second-order valence-electron chi connectivity index (χ2n) is 5.82. The van der Waals surface area contributed by atoms with Crippen molar-refractivity contribution in [2.75, 3.05) is 5.43 Å². The number of amides is 1. The van der Waals surface area contributed by atoms with Crippen LogP contribution in [-0.2, 0) is 4.79 Å². The number of hydrazine groups is 1. The van der Waals surface area contributed by atoms with Gasteiger partial charge < -0.3 is 5.11 Å². The van der Waals surface area contributed by atoms with Gasteiger partial charge in [-0.05, 0) is 35.4 Å². The van der Waals surface area contributed by atoms with Gasteiger partial charge in [0.1, 0.15) is 0 Å². The number of aliphatic hydroxyl groups is 1. The Kier molecular flexibility index (Phi) is 4.68. The molecular weight excluding hydrogens is 369 g/mol. The highest BCUT2D eigenvalue weighted by Crippen LogP contribution is 2.43. The number of carbonyl (C=O) groups is 1. The fourth-order valence-corrected chi connectivity index (χ4v) is 2.78. The van der Waals surface area contributed by atoms with E-state index in [4.69, 9.17) is 11.6 Å². The molecule has 0 spiro atoms. The topological polar surface area (TPSA) is 52.6 Å². The second-order valence-corrected chi connectivity index (χ2v) is 6.26. The van der Waals surface area contributed by atoms with Crippen LogP contribution >= 0.6 is 11.6 Å². The van der Waals surface area contributed by atoms with Crippen molar-refractivity contribution in [1.29, 1.82) is 0 Å². The van der Waals surface area contributed by atoms with Gasteiger partial charge in [0.2, 0.25) is 0 Å². The first-order valence-corrected chi connectivity index (χ1v) is 8.00. The van der Waals surface area contributed by atoms with Gasteiger partial charge in [0.25, 0.3) is 11.6 Å². The molecule has 0 aliphatic carbocycles. The monoisotopic (exact) mass is 382 g/mol. The van der Waals surface area contributed by atoms with E-state index < -0.39 is 24.2 Å². The third-order valence-electron chi connectivity index (χ3n) is 4.01. The highest BCUT2D eigenvalue weighted by Gasteiger charge is 2.61. The van der Waals surface area contributed by atoms with E-state index in [1.54, 1.807) is 18.2 Å². The van der Waals surface area contributed by atoms with E-state index in [2.05, 4.69) is 5.43 Å². The molecule has 1 amide bonds. The van der Waals surface area contributed by atoms with Crippen LogP contribution in [-0.4, -0.2) is 27.9 Å². The van der Waals surface area contributed by atoms with Gasteiger partial charge in [-0.25, -0.2) is 5.01 Å². The summed E-state index contributed by atoms with van der Waals surface area (Å²) in [6, 6.07) is 13.9. The van der Waals surface area contributed by atoms with E-state index in [1.165, 1.54) is 36.4 Å². The number of hydrogen-bond acceptors (Lipinski definition) is 3. The molecule has 3 rings (SSSR count). The molecule has 0 aromatic heterocycles. The number of nitrogens with one attached hydrogen (secondary N) is 1. The molecular formula is C18H14ClF3N2O2. The highest BCUT2D eigenvalue weighted by atomic mass is 35.5. The predicted octanol–water partition coefficient (Wildman–Crippen LogP) is 4.23. The molecule has 1 aliphatic heterocycles. The van der Waals surface area contributed by atoms with Crippen LogP contribution in [0.4, 0.5) is 18.9 Å². The van der Waals surface area contributed by atoms with Crippen LogP contribution in [0.2, 0.25) is 5.02 Å². The predicted molar refractivity (Wildman–Crippen MR) is 92.0 cm³/mol. The molecule has 2 aromatic carbocycles. The zero-order valence-electron chi connectivity index (χ0n) is 13.3. The number of halogens is 4. The number of carbonyl (C=O) groups excluding carboxylic acids is 1. The van der Waals surface area contributed by atoms with E-state index in [1.807, 2.05) is 0 Å². The normalized spacial score (nSPS) is 20.7. The van der Waals surface area contributed by atoms with Crippen LogP contribution in [0.15, 0.2) is 60.7 Å². The summed E-state index contributed by atoms with van der Waals surface area (Å²) in [5.41, 5.74) is -0.353. The summed E-state index contributed by atoms with van der Waals surface area (Å²) in [7, 11) is 0. The van der Waals surface area contributed by atoms with E-state index in [0.717, 1.165) is 6.08 Å². The molecule has 0 bridgehead atoms. The summed E-state index contributed by atoms with van der Waals surface area (Å²) in [4.78, 5) is 12.4. The highest BCUT2D eigenvalue weighted by molar-refractivity contribution is 6.30. The van der Waals surface area contributed by atoms with E-state index in [0.29, 0.717) is 10.6 Å². The molecule has 2 aromatic rings. The lowest BCUT2D eigenvalue weighted by atomic mass is 9.91. The molecule has 0 radical (unpaired) electrons. The van der Waals surface area contributed by atoms with Crippen molar-refractivity contribution in [2.45, 2.75) is 18.3 Å². The third kappa shape index (κ3) is 3.40. The minimum Gasteiger partial charge on any atom is -0.362 e. The molecule has 1 unspecified atom stereocenters. The van der Waals surface area contributed by atoms with Crippen molar-refractivity contribution in [3.63, 3.8) is 0 Å². The summed E-state index contributed by atoms with van der Waals surface area (Å²) in [6.07, 6.45) is -4.82. The number of hydrogen-bond donors (Lipinski definition) is 2. The Morgan fingerprint density at radius 1 is 1.08 bits per heavy atom. The third-order valence-corrected chi connectivity index (χ3v) is 4.26. The van der Waals surface area contributed by atoms with Gasteiger partial charge in [0.05, 0.1) is 5.69 Å². The number of alkyl halides is 3. The lowest BCUT2D eigenvalue weighted by Gasteiger charge is -2.43. The molecule has 1 atom stereocenters. The van der Waals surface area contributed by atoms with Gasteiger partial charge in [-0.1, -0.05) is 41.9 Å². The smallest absolute Gasteiger partial charge is 0.362 e. The van der Waals surface area contributed by atoms with Crippen LogP contribution in [0, 0.1) is 0 Å². The Labute approximate surface area is 152 Å². The molecule has 8 heteroatoms. The van der Waals surface area contributed by atoms with Gasteiger partial charge in [-0.15, -0.1) is 0 Å². The maximum atomic E-state index is 13.7. The molecule has 0 saturated heterocycles. The van der Waals surface area contributed by atoms with Crippen molar-refractivity contribution in [1.82, 2.24) is 5.01 Å². The number of para-hydroxylation sites is 1. The van der Waals surface area contributed by atoms with E-state index >= 15 is 0 Å². The molecule has 0 fully saturated rings. The van der Waals surface area contributed by atoms with E-state index in [9.17, 15) is 23.1 Å². The Hall–Kier alpha value is -2.51. The summed E-state index contributed by atoms with van der Waals surface area (Å²) in [5, 5.41) is 11.1. The van der Waals surface area contributed by atoms with E-state index in [-0.39, 0.29) is 16.3 Å². The van der Waals surface area contributed by atoms with Crippen molar-refractivity contribution in [3.8, 4) is 0 Å². The molecule has 1 aliphatic rings. The zero-order chi connectivity index (χ0) is 18.9. The zero-order valence-corrected chi connectivity index (χ0v) is 14.1. The first-order valence-electron chi connectivity index (χ1n) is 7.62. The molecule has 2 N–H and O–H groups in total. The lowest BCUT2D eigenvalue weighted by Crippen LogP contribution is -2.64. The fourth-order valence-electron chi connectivity index (χ4n) is 2.66. The van der Waals surface area contributed by atoms with Crippen LogP contribution in [0.5, 0.6) is 0 Å². The maximum Gasteiger partial charge on any atom is 0.438 e. The minimum atomic E-state index is -5.07. The largest absolute Gasteiger partial charge is 0.438 e. The summed E-state index contributed by atoms with van der Waals surface area (Å²) < 4.78 is 41.0. The van der Waals surface area contributed by atoms with Gasteiger partial charge in [0.15, 0.2) is 0 Å². The van der Waals surface area contributed by atoms with Crippen molar-refractivity contribution in [2.24, 2.45) is 0 Å². The van der Waals surface area contributed by atoms with Crippen LogP contribution < -0.4 is 5.43 Å². The average Bonchev–Trinajstić information content (AvgIpc) is 2.58. The van der Waals surface area contributed by atoms with Gasteiger partial charge >= 0.3 is 6.18 Å². The SMILES string of the molecule is O=C1C=C(c2ccc(Cl)cc2)CC(O)(C(F)(F)F)N1Nc1ccccc1. The van der Waals surface area contributed by atoms with Crippen molar-refractivity contribution in [3.05, 3.63) is 71.3 Å².